The Morgan fingerprint density at radius 1 is 1.14 bits per heavy atom. The number of hydrogen-bond donors (Lipinski definition) is 1. The minimum atomic E-state index is -0.0760. The van der Waals surface area contributed by atoms with E-state index in [1.165, 1.54) is 19.3 Å². The van der Waals surface area contributed by atoms with Crippen LogP contribution in [0.2, 0.25) is 0 Å². The first-order valence-electron chi connectivity index (χ1n) is 10.2. The monoisotopic (exact) mass is 410 g/mol. The summed E-state index contributed by atoms with van der Waals surface area (Å²) in [5, 5.41) is 9.28. The Balaban J connectivity index is 1.53. The molecule has 4 rings (SSSR count). The Bertz CT molecular complexity index is 968. The number of nitrogens with zero attached hydrogens (tertiary/aromatic N) is 5. The van der Waals surface area contributed by atoms with Crippen molar-refractivity contribution in [3.63, 3.8) is 0 Å². The Hall–Kier alpha value is -2.61. The van der Waals surface area contributed by atoms with Crippen LogP contribution in [0.25, 0.3) is 11.0 Å². The molecule has 1 saturated heterocycles. The van der Waals surface area contributed by atoms with Gasteiger partial charge in [-0.1, -0.05) is 36.9 Å². The van der Waals surface area contributed by atoms with E-state index in [-0.39, 0.29) is 5.91 Å². The smallest absolute Gasteiger partial charge is 0.251 e. The lowest BCUT2D eigenvalue weighted by atomic mass is 10.1. The molecule has 0 radical (unpaired) electrons. The molecule has 0 aliphatic carbocycles. The average Bonchev–Trinajstić information content (AvgIpc) is 3.17. The second-order valence-electron chi connectivity index (χ2n) is 7.04. The second-order valence-corrected chi connectivity index (χ2v) is 8.27. The zero-order valence-corrected chi connectivity index (χ0v) is 17.5. The average molecular weight is 411 g/mol. The molecule has 2 aromatic heterocycles. The highest BCUT2D eigenvalue weighted by molar-refractivity contribution is 7.99. The summed E-state index contributed by atoms with van der Waals surface area (Å²) in [6, 6.07) is 9.25. The third kappa shape index (κ3) is 4.53. The molecule has 7 nitrogen and oxygen atoms in total. The molecule has 1 aromatic carbocycles. The molecule has 1 aliphatic rings. The summed E-state index contributed by atoms with van der Waals surface area (Å²) in [5.41, 5.74) is 1.50. The Morgan fingerprint density at radius 2 is 1.93 bits per heavy atom. The number of amides is 1. The fraction of sp³-hybridized carbons (Fsp3) is 0.429. The lowest BCUT2D eigenvalue weighted by Crippen LogP contribution is -2.30. The summed E-state index contributed by atoms with van der Waals surface area (Å²) in [6.45, 7) is 5.22. The Labute approximate surface area is 174 Å². The molecule has 29 heavy (non-hydrogen) atoms. The Kier molecular flexibility index (Phi) is 6.29. The van der Waals surface area contributed by atoms with Crippen molar-refractivity contribution in [2.24, 2.45) is 0 Å². The zero-order valence-electron chi connectivity index (χ0n) is 16.7. The number of carbonyl (C=O) groups is 1. The van der Waals surface area contributed by atoms with E-state index in [0.717, 1.165) is 40.9 Å². The highest BCUT2D eigenvalue weighted by Crippen LogP contribution is 2.29. The molecule has 0 saturated carbocycles. The van der Waals surface area contributed by atoms with Crippen LogP contribution >= 0.6 is 11.8 Å². The number of hydrogen-bond acceptors (Lipinski definition) is 6. The van der Waals surface area contributed by atoms with Gasteiger partial charge in [-0.05, 0) is 37.1 Å². The largest absolute Gasteiger partial charge is 0.356 e. The van der Waals surface area contributed by atoms with Crippen LogP contribution in [0.1, 0.15) is 36.5 Å². The van der Waals surface area contributed by atoms with Gasteiger partial charge >= 0.3 is 0 Å². The van der Waals surface area contributed by atoms with E-state index in [0.29, 0.717) is 18.7 Å². The van der Waals surface area contributed by atoms with Crippen molar-refractivity contribution >= 4 is 34.5 Å². The molecule has 152 valence electrons. The van der Waals surface area contributed by atoms with Crippen molar-refractivity contribution < 1.29 is 4.79 Å². The van der Waals surface area contributed by atoms with Gasteiger partial charge in [-0.25, -0.2) is 14.6 Å². The van der Waals surface area contributed by atoms with Gasteiger partial charge < -0.3 is 10.2 Å². The van der Waals surface area contributed by atoms with E-state index in [9.17, 15) is 4.79 Å². The van der Waals surface area contributed by atoms with Crippen molar-refractivity contribution in [2.45, 2.75) is 37.9 Å². The molecular formula is C21H26N6OS. The van der Waals surface area contributed by atoms with Crippen molar-refractivity contribution in [1.29, 1.82) is 0 Å². The molecule has 1 aliphatic heterocycles. The SMILES string of the molecule is CCSc1nc(N2CCCCC2)c2cnn(CCNC(=O)c3ccccc3)c2n1. The van der Waals surface area contributed by atoms with E-state index in [4.69, 9.17) is 9.97 Å². The van der Waals surface area contributed by atoms with Crippen LogP contribution in [0.3, 0.4) is 0 Å². The molecule has 1 amide bonds. The Morgan fingerprint density at radius 3 is 2.69 bits per heavy atom. The summed E-state index contributed by atoms with van der Waals surface area (Å²) in [4.78, 5) is 24.2. The molecule has 1 N–H and O–H groups in total. The summed E-state index contributed by atoms with van der Waals surface area (Å²) < 4.78 is 1.87. The van der Waals surface area contributed by atoms with Gasteiger partial charge in [0.15, 0.2) is 10.8 Å². The zero-order chi connectivity index (χ0) is 20.1. The van der Waals surface area contributed by atoms with E-state index in [1.54, 1.807) is 11.8 Å². The fourth-order valence-electron chi connectivity index (χ4n) is 3.59. The first-order chi connectivity index (χ1) is 14.3. The number of carbonyl (C=O) groups excluding carboxylic acids is 1. The summed E-state index contributed by atoms with van der Waals surface area (Å²) in [5.74, 6) is 1.84. The van der Waals surface area contributed by atoms with E-state index in [2.05, 4.69) is 22.2 Å². The van der Waals surface area contributed by atoms with Gasteiger partial charge in [0.05, 0.1) is 18.1 Å². The van der Waals surface area contributed by atoms with Crippen LogP contribution in [0.4, 0.5) is 5.82 Å². The van der Waals surface area contributed by atoms with Crippen LogP contribution in [0.5, 0.6) is 0 Å². The quantitative estimate of drug-likeness (QED) is 0.475. The highest BCUT2D eigenvalue weighted by Gasteiger charge is 2.20. The molecule has 0 unspecified atom stereocenters. The number of thioether (sulfide) groups is 1. The van der Waals surface area contributed by atoms with Gasteiger partial charge in [-0.3, -0.25) is 4.79 Å². The van der Waals surface area contributed by atoms with Gasteiger partial charge in [-0.2, -0.15) is 5.10 Å². The van der Waals surface area contributed by atoms with E-state index in [1.807, 2.05) is 41.2 Å². The van der Waals surface area contributed by atoms with E-state index >= 15 is 0 Å². The lowest BCUT2D eigenvalue weighted by Gasteiger charge is -2.28. The number of fused-ring (bicyclic) bond motifs is 1. The predicted molar refractivity (Wildman–Crippen MR) is 117 cm³/mol. The normalized spacial score (nSPS) is 14.3. The number of piperidine rings is 1. The van der Waals surface area contributed by atoms with E-state index < -0.39 is 0 Å². The molecule has 3 heterocycles. The number of rotatable bonds is 7. The second kappa shape index (κ2) is 9.26. The maximum absolute atomic E-state index is 12.3. The number of anilines is 1. The summed E-state index contributed by atoms with van der Waals surface area (Å²) in [7, 11) is 0. The number of benzene rings is 1. The molecule has 8 heteroatoms. The highest BCUT2D eigenvalue weighted by atomic mass is 32.2. The van der Waals surface area contributed by atoms with Crippen LogP contribution in [0, 0.1) is 0 Å². The minimum Gasteiger partial charge on any atom is -0.356 e. The molecular weight excluding hydrogens is 384 g/mol. The van der Waals surface area contributed by atoms with Gasteiger partial charge in [0.1, 0.15) is 5.82 Å². The number of aromatic nitrogens is 4. The third-order valence-electron chi connectivity index (χ3n) is 5.03. The topological polar surface area (TPSA) is 75.9 Å². The van der Waals surface area contributed by atoms with Crippen LogP contribution in [0.15, 0.2) is 41.7 Å². The van der Waals surface area contributed by atoms with Crippen molar-refractivity contribution in [3.05, 3.63) is 42.1 Å². The van der Waals surface area contributed by atoms with Crippen LogP contribution in [-0.4, -0.2) is 51.0 Å². The van der Waals surface area contributed by atoms with Gasteiger partial charge in [0, 0.05) is 25.2 Å². The standard InChI is InChI=1S/C21H26N6OS/c1-2-29-21-24-18(26-12-7-4-8-13-26)17-15-23-27(19(17)25-21)14-11-22-20(28)16-9-5-3-6-10-16/h3,5-6,9-10,15H,2,4,7-8,11-14H2,1H3,(H,22,28). The van der Waals surface area contributed by atoms with Gasteiger partial charge in [-0.15, -0.1) is 0 Å². The maximum atomic E-state index is 12.3. The van der Waals surface area contributed by atoms with Crippen molar-refractivity contribution in [3.8, 4) is 0 Å². The van der Waals surface area contributed by atoms with Crippen LogP contribution in [-0.2, 0) is 6.54 Å². The fourth-order valence-corrected chi connectivity index (χ4v) is 4.15. The van der Waals surface area contributed by atoms with Gasteiger partial charge in [0.2, 0.25) is 0 Å². The van der Waals surface area contributed by atoms with Crippen molar-refractivity contribution in [1.82, 2.24) is 25.1 Å². The first-order valence-corrected chi connectivity index (χ1v) is 11.2. The third-order valence-corrected chi connectivity index (χ3v) is 5.76. The minimum absolute atomic E-state index is 0.0760. The van der Waals surface area contributed by atoms with Crippen LogP contribution < -0.4 is 10.2 Å². The molecule has 1 fully saturated rings. The molecule has 0 spiro atoms. The number of nitrogens with one attached hydrogen (secondary N) is 1. The first kappa shape index (κ1) is 19.7. The molecule has 0 atom stereocenters. The van der Waals surface area contributed by atoms with Gasteiger partial charge in [0.25, 0.3) is 5.91 Å². The lowest BCUT2D eigenvalue weighted by molar-refractivity contribution is 0.0952. The summed E-state index contributed by atoms with van der Waals surface area (Å²) in [6.07, 6.45) is 5.53. The maximum Gasteiger partial charge on any atom is 0.251 e. The molecule has 3 aromatic rings. The van der Waals surface area contributed by atoms with Crippen molar-refractivity contribution in [2.75, 3.05) is 30.3 Å². The summed E-state index contributed by atoms with van der Waals surface area (Å²) >= 11 is 1.65. The predicted octanol–water partition coefficient (Wildman–Crippen LogP) is 3.36. The molecule has 0 bridgehead atoms.